The molecule has 0 N–H and O–H groups in total. The summed E-state index contributed by atoms with van der Waals surface area (Å²) in [7, 11) is 2.24. The van der Waals surface area contributed by atoms with Crippen molar-refractivity contribution in [1.82, 2.24) is 4.90 Å². The number of rotatable bonds is 1. The Morgan fingerprint density at radius 2 is 2.00 bits per heavy atom. The van der Waals surface area contributed by atoms with E-state index in [1.807, 2.05) is 0 Å². The van der Waals surface area contributed by atoms with Gasteiger partial charge in [-0.15, -0.1) is 0 Å². The maximum atomic E-state index is 4.92. The quantitative estimate of drug-likeness (QED) is 0.658. The van der Waals surface area contributed by atoms with Crippen molar-refractivity contribution < 1.29 is 0 Å². The van der Waals surface area contributed by atoms with Crippen molar-refractivity contribution in [3.63, 3.8) is 0 Å². The Balaban J connectivity index is 2.92. The summed E-state index contributed by atoms with van der Waals surface area (Å²) in [6.45, 7) is 11.7. The fourth-order valence-electron chi connectivity index (χ4n) is 2.84. The van der Waals surface area contributed by atoms with Crippen LogP contribution < -0.4 is 0 Å². The molecular formula is C12H25NS. The lowest BCUT2D eigenvalue weighted by atomic mass is 9.72. The molecule has 0 amide bonds. The molecule has 3 unspecified atom stereocenters. The van der Waals surface area contributed by atoms with Crippen LogP contribution in [0.2, 0.25) is 0 Å². The van der Waals surface area contributed by atoms with Gasteiger partial charge in [0, 0.05) is 17.8 Å². The SMILES string of the molecule is CCC1(C)CN(C)CC(C)CC1(C)S. The molecule has 84 valence electrons. The van der Waals surface area contributed by atoms with Crippen LogP contribution in [0.1, 0.15) is 40.5 Å². The molecule has 1 aliphatic heterocycles. The Kier molecular flexibility index (Phi) is 3.58. The predicted molar refractivity (Wildman–Crippen MR) is 67.1 cm³/mol. The molecule has 0 aliphatic carbocycles. The molecule has 0 bridgehead atoms. The van der Waals surface area contributed by atoms with Crippen molar-refractivity contribution in [3.8, 4) is 0 Å². The Bertz CT molecular complexity index is 202. The molecule has 1 nitrogen and oxygen atoms in total. The number of nitrogens with zero attached hydrogens (tertiary/aromatic N) is 1. The monoisotopic (exact) mass is 215 g/mol. The molecule has 2 heteroatoms. The van der Waals surface area contributed by atoms with E-state index in [0.29, 0.717) is 5.41 Å². The minimum atomic E-state index is 0.173. The summed E-state index contributed by atoms with van der Waals surface area (Å²) in [5.74, 6) is 0.760. The van der Waals surface area contributed by atoms with Gasteiger partial charge in [0.1, 0.15) is 0 Å². The van der Waals surface area contributed by atoms with Gasteiger partial charge in [0.15, 0.2) is 0 Å². The van der Waals surface area contributed by atoms with E-state index in [9.17, 15) is 0 Å². The summed E-state index contributed by atoms with van der Waals surface area (Å²) < 4.78 is 0.173. The van der Waals surface area contributed by atoms with Gasteiger partial charge in [-0.3, -0.25) is 0 Å². The zero-order chi connectivity index (χ0) is 11.0. The zero-order valence-electron chi connectivity index (χ0n) is 10.3. The second kappa shape index (κ2) is 4.05. The van der Waals surface area contributed by atoms with Gasteiger partial charge < -0.3 is 4.90 Å². The predicted octanol–water partition coefficient (Wildman–Crippen LogP) is 3.06. The first-order valence-corrected chi connectivity index (χ1v) is 6.16. The zero-order valence-corrected chi connectivity index (χ0v) is 11.2. The van der Waals surface area contributed by atoms with Gasteiger partial charge in [-0.2, -0.15) is 12.6 Å². The highest BCUT2D eigenvalue weighted by atomic mass is 32.1. The molecule has 0 saturated carbocycles. The van der Waals surface area contributed by atoms with E-state index in [1.165, 1.54) is 25.9 Å². The van der Waals surface area contributed by atoms with Gasteiger partial charge in [-0.25, -0.2) is 0 Å². The molecule has 0 aromatic rings. The average molecular weight is 215 g/mol. The molecule has 1 rings (SSSR count). The fourth-order valence-corrected chi connectivity index (χ4v) is 3.39. The third-order valence-electron chi connectivity index (χ3n) is 4.07. The maximum absolute atomic E-state index is 4.92. The van der Waals surface area contributed by atoms with Crippen LogP contribution in [0.25, 0.3) is 0 Å². The normalized spacial score (nSPS) is 46.3. The lowest BCUT2D eigenvalue weighted by Gasteiger charge is -2.43. The standard InChI is InChI=1S/C12H25NS/c1-6-11(3)9-13(5)8-10(2)7-12(11,4)14/h10,14H,6-9H2,1-5H3. The van der Waals surface area contributed by atoms with Crippen molar-refractivity contribution >= 4 is 12.6 Å². The molecule has 0 aromatic heterocycles. The average Bonchev–Trinajstić information content (AvgIpc) is 2.07. The summed E-state index contributed by atoms with van der Waals surface area (Å²) in [6.07, 6.45) is 2.44. The van der Waals surface area contributed by atoms with Crippen molar-refractivity contribution in [1.29, 1.82) is 0 Å². The fraction of sp³-hybridized carbons (Fsp3) is 1.00. The van der Waals surface area contributed by atoms with E-state index >= 15 is 0 Å². The third-order valence-corrected chi connectivity index (χ3v) is 4.79. The Hall–Kier alpha value is 0.310. The first kappa shape index (κ1) is 12.4. The smallest absolute Gasteiger partial charge is 0.0170 e. The molecule has 1 aliphatic rings. The minimum Gasteiger partial charge on any atom is -0.306 e. The number of hydrogen-bond acceptors (Lipinski definition) is 2. The largest absolute Gasteiger partial charge is 0.306 e. The van der Waals surface area contributed by atoms with E-state index in [4.69, 9.17) is 12.6 Å². The Morgan fingerprint density at radius 1 is 1.43 bits per heavy atom. The summed E-state index contributed by atoms with van der Waals surface area (Å²) >= 11 is 4.92. The molecule has 14 heavy (non-hydrogen) atoms. The molecular weight excluding hydrogens is 190 g/mol. The van der Waals surface area contributed by atoms with E-state index in [1.54, 1.807) is 0 Å². The number of likely N-dealkylation sites (tertiary alicyclic amines) is 1. The molecule has 0 aromatic carbocycles. The highest BCUT2D eigenvalue weighted by Crippen LogP contribution is 2.46. The molecule has 1 heterocycles. The number of thiol groups is 1. The first-order valence-electron chi connectivity index (χ1n) is 5.71. The molecule has 3 atom stereocenters. The van der Waals surface area contributed by atoms with Gasteiger partial charge in [0.05, 0.1) is 0 Å². The van der Waals surface area contributed by atoms with Gasteiger partial charge in [0.25, 0.3) is 0 Å². The van der Waals surface area contributed by atoms with Crippen LogP contribution in [0.15, 0.2) is 0 Å². The summed E-state index contributed by atoms with van der Waals surface area (Å²) in [5, 5.41) is 0. The topological polar surface area (TPSA) is 3.24 Å². The Labute approximate surface area is 94.7 Å². The van der Waals surface area contributed by atoms with Gasteiger partial charge >= 0.3 is 0 Å². The van der Waals surface area contributed by atoms with E-state index in [2.05, 4.69) is 39.6 Å². The van der Waals surface area contributed by atoms with Crippen molar-refractivity contribution in [2.24, 2.45) is 11.3 Å². The van der Waals surface area contributed by atoms with E-state index < -0.39 is 0 Å². The van der Waals surface area contributed by atoms with Crippen LogP contribution in [-0.2, 0) is 0 Å². The van der Waals surface area contributed by atoms with Crippen LogP contribution in [0, 0.1) is 11.3 Å². The molecule has 1 saturated heterocycles. The van der Waals surface area contributed by atoms with E-state index in [0.717, 1.165) is 5.92 Å². The Morgan fingerprint density at radius 3 is 2.50 bits per heavy atom. The maximum Gasteiger partial charge on any atom is 0.0170 e. The number of hydrogen-bond donors (Lipinski definition) is 1. The molecule has 0 spiro atoms. The third kappa shape index (κ3) is 2.27. The van der Waals surface area contributed by atoms with Crippen LogP contribution >= 0.6 is 12.6 Å². The van der Waals surface area contributed by atoms with Crippen LogP contribution in [0.5, 0.6) is 0 Å². The van der Waals surface area contributed by atoms with Crippen molar-refractivity contribution in [2.45, 2.75) is 45.3 Å². The lowest BCUT2D eigenvalue weighted by molar-refractivity contribution is 0.168. The summed E-state index contributed by atoms with van der Waals surface area (Å²) in [4.78, 5) is 2.47. The second-order valence-electron chi connectivity index (χ2n) is 5.69. The summed E-state index contributed by atoms with van der Waals surface area (Å²) in [6, 6.07) is 0. The highest BCUT2D eigenvalue weighted by molar-refractivity contribution is 7.81. The van der Waals surface area contributed by atoms with Crippen LogP contribution in [0.4, 0.5) is 0 Å². The molecule has 0 radical (unpaired) electrons. The van der Waals surface area contributed by atoms with Crippen molar-refractivity contribution in [2.75, 3.05) is 20.1 Å². The molecule has 1 fully saturated rings. The lowest BCUT2D eigenvalue weighted by Crippen LogP contribution is -2.44. The van der Waals surface area contributed by atoms with Crippen LogP contribution in [-0.4, -0.2) is 29.8 Å². The second-order valence-corrected chi connectivity index (χ2v) is 6.68. The van der Waals surface area contributed by atoms with Crippen LogP contribution in [0.3, 0.4) is 0 Å². The van der Waals surface area contributed by atoms with Gasteiger partial charge in [0.2, 0.25) is 0 Å². The van der Waals surface area contributed by atoms with Crippen molar-refractivity contribution in [3.05, 3.63) is 0 Å². The first-order chi connectivity index (χ1) is 6.31. The van der Waals surface area contributed by atoms with Gasteiger partial charge in [-0.05, 0) is 31.2 Å². The van der Waals surface area contributed by atoms with E-state index in [-0.39, 0.29) is 4.75 Å². The highest BCUT2D eigenvalue weighted by Gasteiger charge is 2.44. The summed E-state index contributed by atoms with van der Waals surface area (Å²) in [5.41, 5.74) is 0.343. The minimum absolute atomic E-state index is 0.173. The van der Waals surface area contributed by atoms with Gasteiger partial charge in [-0.1, -0.05) is 27.7 Å².